The highest BCUT2D eigenvalue weighted by atomic mass is 16.5. The maximum absolute atomic E-state index is 13.5. The molecule has 9 rings (SSSR count). The third-order valence-electron chi connectivity index (χ3n) is 11.9. The summed E-state index contributed by atoms with van der Waals surface area (Å²) in [6.45, 7) is 5.58. The van der Waals surface area contributed by atoms with Gasteiger partial charge in [-0.3, -0.25) is 44.3 Å². The zero-order valence-electron chi connectivity index (χ0n) is 34.0. The second kappa shape index (κ2) is 17.6. The van der Waals surface area contributed by atoms with Crippen LogP contribution in [0.2, 0.25) is 0 Å². The van der Waals surface area contributed by atoms with Crippen molar-refractivity contribution in [2.24, 2.45) is 0 Å². The maximum Gasteiger partial charge on any atom is 0.261 e. The van der Waals surface area contributed by atoms with Gasteiger partial charge < -0.3 is 30.2 Å². The number of hydrogen-bond acceptors (Lipinski definition) is 12. The quantitative estimate of drug-likeness (QED) is 0.0762. The van der Waals surface area contributed by atoms with Gasteiger partial charge in [-0.15, -0.1) is 0 Å². The molecule has 17 nitrogen and oxygen atoms in total. The molecule has 0 saturated carbocycles. The fourth-order valence-corrected chi connectivity index (χ4v) is 8.63. The van der Waals surface area contributed by atoms with Gasteiger partial charge in [0.1, 0.15) is 6.04 Å². The molecule has 1 atom stereocenters. The van der Waals surface area contributed by atoms with Gasteiger partial charge in [-0.2, -0.15) is 0 Å². The lowest BCUT2D eigenvalue weighted by molar-refractivity contribution is -0.137. The van der Waals surface area contributed by atoms with Crippen LogP contribution in [0, 0.1) is 0 Å². The van der Waals surface area contributed by atoms with E-state index in [1.165, 1.54) is 4.90 Å². The number of anilines is 2. The summed E-state index contributed by atoms with van der Waals surface area (Å²) in [5, 5.41) is 12.4. The van der Waals surface area contributed by atoms with E-state index in [1.807, 2.05) is 54.6 Å². The minimum Gasteiger partial charge on any atom is -0.380 e. The Kier molecular flexibility index (Phi) is 11.4. The summed E-state index contributed by atoms with van der Waals surface area (Å²) in [6.07, 6.45) is 3.77. The molecule has 2 aromatic heterocycles. The van der Waals surface area contributed by atoms with E-state index in [9.17, 15) is 28.8 Å². The molecule has 4 aliphatic heterocycles. The molecule has 2 fully saturated rings. The number of carbonyl (C=O) groups excluding carboxylic acids is 6. The lowest BCUT2D eigenvalue weighted by Crippen LogP contribution is -2.52. The van der Waals surface area contributed by atoms with Crippen LogP contribution in [-0.2, 0) is 35.3 Å². The van der Waals surface area contributed by atoms with Gasteiger partial charge in [-0.05, 0) is 43.5 Å². The van der Waals surface area contributed by atoms with Gasteiger partial charge >= 0.3 is 0 Å². The summed E-state index contributed by atoms with van der Waals surface area (Å²) in [5.74, 6) is -1.66. The van der Waals surface area contributed by atoms with Gasteiger partial charge in [-0.1, -0.05) is 42.5 Å². The van der Waals surface area contributed by atoms with Gasteiger partial charge in [0.25, 0.3) is 17.7 Å². The van der Waals surface area contributed by atoms with Gasteiger partial charge in [-0.25, -0.2) is 9.97 Å². The van der Waals surface area contributed by atoms with Crippen molar-refractivity contribution in [2.75, 3.05) is 69.2 Å². The Hall–Kier alpha value is -6.98. The molecule has 318 valence electrons. The Balaban J connectivity index is 0.714. The van der Waals surface area contributed by atoms with Crippen molar-refractivity contribution in [1.29, 1.82) is 0 Å². The number of piperidine rings is 1. The molecule has 0 aliphatic carbocycles. The number of aromatic nitrogens is 3. The number of H-pyrrole nitrogens is 1. The van der Waals surface area contributed by atoms with Crippen LogP contribution in [0.1, 0.15) is 52.9 Å². The third-order valence-corrected chi connectivity index (χ3v) is 11.9. The Morgan fingerprint density at radius 2 is 1.60 bits per heavy atom. The second-order valence-corrected chi connectivity index (χ2v) is 15.8. The second-order valence-electron chi connectivity index (χ2n) is 15.8. The largest absolute Gasteiger partial charge is 0.380 e. The minimum absolute atomic E-state index is 0.0317. The van der Waals surface area contributed by atoms with Gasteiger partial charge in [0.15, 0.2) is 0 Å². The van der Waals surface area contributed by atoms with Crippen LogP contribution in [0.4, 0.5) is 11.6 Å². The molecule has 0 bridgehead atoms. The van der Waals surface area contributed by atoms with E-state index < -0.39 is 23.8 Å². The maximum atomic E-state index is 13.5. The van der Waals surface area contributed by atoms with Crippen LogP contribution < -0.4 is 26.2 Å². The van der Waals surface area contributed by atoms with E-state index in [-0.39, 0.29) is 49.2 Å². The van der Waals surface area contributed by atoms with Crippen molar-refractivity contribution in [1.82, 2.24) is 40.7 Å². The van der Waals surface area contributed by atoms with Gasteiger partial charge in [0.2, 0.25) is 23.7 Å². The zero-order valence-corrected chi connectivity index (χ0v) is 34.0. The Morgan fingerprint density at radius 1 is 0.806 bits per heavy atom. The highest BCUT2D eigenvalue weighted by Crippen LogP contribution is 2.37. The molecule has 0 spiro atoms. The predicted molar refractivity (Wildman–Crippen MR) is 230 cm³/mol. The summed E-state index contributed by atoms with van der Waals surface area (Å²) in [7, 11) is 0. The molecule has 4 aliphatic rings. The molecular formula is C45H46N10O7. The first-order valence-corrected chi connectivity index (χ1v) is 21.0. The Morgan fingerprint density at radius 3 is 2.44 bits per heavy atom. The number of fused-ring (bicyclic) bond motifs is 3. The number of ether oxygens (including phenoxy) is 1. The van der Waals surface area contributed by atoms with E-state index in [1.54, 1.807) is 18.3 Å². The lowest BCUT2D eigenvalue weighted by atomic mass is 9.97. The number of carbonyl (C=O) groups is 6. The molecular weight excluding hydrogens is 793 g/mol. The zero-order chi connectivity index (χ0) is 42.7. The van der Waals surface area contributed by atoms with E-state index in [0.29, 0.717) is 77.8 Å². The first-order chi connectivity index (χ1) is 30.2. The Bertz CT molecular complexity index is 2650. The van der Waals surface area contributed by atoms with Crippen molar-refractivity contribution in [3.8, 4) is 0 Å². The summed E-state index contributed by atoms with van der Waals surface area (Å²) in [5.41, 5.74) is 5.03. The molecule has 6 heterocycles. The monoisotopic (exact) mass is 838 g/mol. The molecule has 2 saturated heterocycles. The average Bonchev–Trinajstić information content (AvgIpc) is 3.95. The van der Waals surface area contributed by atoms with Crippen molar-refractivity contribution in [3.63, 3.8) is 0 Å². The standard InChI is InChI=1S/C45H46N10O7/c56-36-15-14-35(41(58)50-36)55-26-31-28(44(55)61)10-7-13-33(31)48-25-37(57)46-16-5-6-22-62-23-21-53-17-19-54(20-18-53)45-49-34-12-4-2-9-29(34)40(51-45)39-38(42(59)52-43(39)60)30-24-47-32-11-3-1-8-27(30)32/h1-4,7-13,24,35,47-48H,5-6,14-23,25-26H2,(H,46,57)(H,50,56,58)(H,52,59,60). The SMILES string of the molecule is O=C(CNc1cccc2c1CN(C1CCC(=O)NC1=O)C2=O)NCCCCOCCN1CCN(c2nc(C3=C(c4c[nH]c5ccccc45)C(=O)NC3=O)c3ccccc3n2)CC1. The predicted octanol–water partition coefficient (Wildman–Crippen LogP) is 2.59. The number of amides is 6. The fraction of sp³-hybridized carbons (Fsp3) is 0.333. The molecule has 3 aromatic carbocycles. The number of imide groups is 2. The normalized spacial score (nSPS) is 18.2. The van der Waals surface area contributed by atoms with E-state index >= 15 is 0 Å². The van der Waals surface area contributed by atoms with Crippen LogP contribution in [0.25, 0.3) is 33.0 Å². The molecule has 5 aromatic rings. The number of nitrogens with zero attached hydrogens (tertiary/aromatic N) is 5. The van der Waals surface area contributed by atoms with E-state index in [4.69, 9.17) is 14.7 Å². The number of benzene rings is 3. The number of aromatic amines is 1. The summed E-state index contributed by atoms with van der Waals surface area (Å²) >= 11 is 0. The summed E-state index contributed by atoms with van der Waals surface area (Å²) < 4.78 is 5.93. The lowest BCUT2D eigenvalue weighted by Gasteiger charge is -2.34. The van der Waals surface area contributed by atoms with Crippen molar-refractivity contribution in [2.45, 2.75) is 38.3 Å². The van der Waals surface area contributed by atoms with Crippen LogP contribution in [-0.4, -0.2) is 125 Å². The topological polar surface area (TPSA) is 211 Å². The molecule has 62 heavy (non-hydrogen) atoms. The first kappa shape index (κ1) is 40.4. The van der Waals surface area contributed by atoms with Gasteiger partial charge in [0, 0.05) is 104 Å². The molecule has 0 radical (unpaired) electrons. The molecule has 5 N–H and O–H groups in total. The van der Waals surface area contributed by atoms with E-state index in [0.717, 1.165) is 48.9 Å². The minimum atomic E-state index is -0.702. The van der Waals surface area contributed by atoms with Crippen molar-refractivity contribution < 1.29 is 33.5 Å². The van der Waals surface area contributed by atoms with Crippen LogP contribution in [0.15, 0.2) is 72.9 Å². The molecule has 17 heteroatoms. The first-order valence-electron chi connectivity index (χ1n) is 21.0. The highest BCUT2D eigenvalue weighted by Gasteiger charge is 2.40. The molecule has 1 unspecified atom stereocenters. The summed E-state index contributed by atoms with van der Waals surface area (Å²) in [4.78, 5) is 95.5. The number of rotatable bonds is 15. The van der Waals surface area contributed by atoms with E-state index in [2.05, 4.69) is 36.1 Å². The van der Waals surface area contributed by atoms with Crippen molar-refractivity contribution >= 4 is 80.0 Å². The number of piperazine rings is 1. The fourth-order valence-electron chi connectivity index (χ4n) is 8.63. The smallest absolute Gasteiger partial charge is 0.261 e. The molecule has 6 amide bonds. The third kappa shape index (κ3) is 8.11. The number of nitrogens with one attached hydrogen (secondary N) is 5. The average molecular weight is 839 g/mol. The highest BCUT2D eigenvalue weighted by molar-refractivity contribution is 6.50. The van der Waals surface area contributed by atoms with Crippen LogP contribution in [0.5, 0.6) is 0 Å². The Labute approximate surface area is 356 Å². The van der Waals surface area contributed by atoms with Gasteiger partial charge in [0.05, 0.1) is 35.5 Å². The number of hydrogen-bond donors (Lipinski definition) is 5. The number of unbranched alkanes of at least 4 members (excludes halogenated alkanes) is 1. The van der Waals surface area contributed by atoms with Crippen LogP contribution >= 0.6 is 0 Å². The number of para-hydroxylation sites is 2. The van der Waals surface area contributed by atoms with Crippen LogP contribution in [0.3, 0.4) is 0 Å². The summed E-state index contributed by atoms with van der Waals surface area (Å²) in [6, 6.07) is 19.8. The van der Waals surface area contributed by atoms with Crippen molar-refractivity contribution in [3.05, 3.63) is 95.3 Å².